The maximum absolute atomic E-state index is 13.3. The summed E-state index contributed by atoms with van der Waals surface area (Å²) in [7, 11) is 0. The molecule has 2 aromatic carbocycles. The van der Waals surface area contributed by atoms with Crippen LogP contribution in [0.5, 0.6) is 0 Å². The number of hydrogen-bond acceptors (Lipinski definition) is 6. The Kier molecular flexibility index (Phi) is 6.00. The van der Waals surface area contributed by atoms with Gasteiger partial charge in [-0.05, 0) is 23.3 Å². The van der Waals surface area contributed by atoms with E-state index in [1.54, 1.807) is 12.3 Å². The Morgan fingerprint density at radius 3 is 2.60 bits per heavy atom. The highest BCUT2D eigenvalue weighted by atomic mass is 32.2. The number of aromatic nitrogens is 1. The monoisotopic (exact) mass is 505 g/mol. The first-order valence-corrected chi connectivity index (χ1v) is 12.0. The van der Waals surface area contributed by atoms with E-state index >= 15 is 0 Å². The zero-order chi connectivity index (χ0) is 24.7. The van der Waals surface area contributed by atoms with Crippen LogP contribution in [0.1, 0.15) is 17.5 Å². The molecule has 1 aromatic heterocycles. The number of likely N-dealkylation sites (tertiary alicyclic amines) is 1. The summed E-state index contributed by atoms with van der Waals surface area (Å²) >= 11 is 6.42. The normalized spacial score (nSPS) is 20.5. The van der Waals surface area contributed by atoms with E-state index in [1.807, 2.05) is 54.6 Å². The predicted octanol–water partition coefficient (Wildman–Crippen LogP) is 3.19. The van der Waals surface area contributed by atoms with E-state index in [9.17, 15) is 24.3 Å². The number of nitrogens with zero attached hydrogens (tertiary/aromatic N) is 2. The van der Waals surface area contributed by atoms with E-state index < -0.39 is 35.8 Å². The van der Waals surface area contributed by atoms with Gasteiger partial charge in [-0.15, -0.1) is 0 Å². The van der Waals surface area contributed by atoms with Gasteiger partial charge in [-0.2, -0.15) is 0 Å². The number of aromatic amines is 1. The van der Waals surface area contributed by atoms with Crippen LogP contribution in [0.2, 0.25) is 0 Å². The molecule has 3 aromatic rings. The first-order chi connectivity index (χ1) is 16.8. The maximum atomic E-state index is 13.3. The molecule has 2 fully saturated rings. The van der Waals surface area contributed by atoms with Crippen molar-refractivity contribution in [2.45, 2.75) is 24.9 Å². The summed E-state index contributed by atoms with van der Waals surface area (Å²) < 4.78 is 0.161. The summed E-state index contributed by atoms with van der Waals surface area (Å²) in [5, 5.41) is 10.7. The van der Waals surface area contributed by atoms with Crippen molar-refractivity contribution in [2.75, 3.05) is 0 Å². The standard InChI is InChI=1S/C25H19N3O5S2/c29-21-12-18(28-23(31)20(35-25(28)34)10-14-6-2-1-3-7-14)22(30)27(21)19(24(32)33)11-15-13-26-17-9-5-4-8-16(15)17/h1-10,13,18-19,26H,11-12H2,(H,32,33)/b20-10-. The molecule has 176 valence electrons. The fourth-order valence-electron chi connectivity index (χ4n) is 4.41. The Morgan fingerprint density at radius 1 is 1.14 bits per heavy atom. The highest BCUT2D eigenvalue weighted by molar-refractivity contribution is 8.26. The lowest BCUT2D eigenvalue weighted by molar-refractivity contribution is -0.154. The number of carbonyl (C=O) groups excluding carboxylic acids is 3. The van der Waals surface area contributed by atoms with Crippen LogP contribution in [0.3, 0.4) is 0 Å². The number of imide groups is 1. The zero-order valence-electron chi connectivity index (χ0n) is 18.2. The molecule has 10 heteroatoms. The van der Waals surface area contributed by atoms with E-state index in [4.69, 9.17) is 12.2 Å². The van der Waals surface area contributed by atoms with Crippen molar-refractivity contribution in [2.24, 2.45) is 0 Å². The Bertz CT molecular complexity index is 1410. The lowest BCUT2D eigenvalue weighted by Crippen LogP contribution is -2.50. The Morgan fingerprint density at radius 2 is 1.86 bits per heavy atom. The van der Waals surface area contributed by atoms with E-state index in [0.717, 1.165) is 38.0 Å². The minimum Gasteiger partial charge on any atom is -0.480 e. The molecule has 2 saturated heterocycles. The Hall–Kier alpha value is -3.76. The molecular formula is C25H19N3O5S2. The van der Waals surface area contributed by atoms with Gasteiger partial charge in [0, 0.05) is 23.5 Å². The lowest BCUT2D eigenvalue weighted by atomic mass is 10.0. The van der Waals surface area contributed by atoms with Crippen LogP contribution in [-0.4, -0.2) is 60.0 Å². The van der Waals surface area contributed by atoms with Crippen molar-refractivity contribution in [3.05, 3.63) is 76.8 Å². The number of aliphatic carboxylic acids is 1. The number of thioether (sulfide) groups is 1. The smallest absolute Gasteiger partial charge is 0.327 e. The van der Waals surface area contributed by atoms with Gasteiger partial charge in [0.15, 0.2) is 0 Å². The minimum absolute atomic E-state index is 0.0597. The fourth-order valence-corrected chi connectivity index (χ4v) is 5.77. The van der Waals surface area contributed by atoms with Crippen molar-refractivity contribution in [3.63, 3.8) is 0 Å². The molecule has 2 N–H and O–H groups in total. The van der Waals surface area contributed by atoms with E-state index in [0.29, 0.717) is 10.5 Å². The summed E-state index contributed by atoms with van der Waals surface area (Å²) in [4.78, 5) is 56.9. The van der Waals surface area contributed by atoms with Gasteiger partial charge in [-0.3, -0.25) is 24.2 Å². The molecule has 2 atom stereocenters. The van der Waals surface area contributed by atoms with Crippen LogP contribution in [0.25, 0.3) is 17.0 Å². The van der Waals surface area contributed by atoms with Gasteiger partial charge in [-0.1, -0.05) is 72.5 Å². The highest BCUT2D eigenvalue weighted by Crippen LogP contribution is 2.37. The molecule has 0 aliphatic carbocycles. The molecule has 0 bridgehead atoms. The quantitative estimate of drug-likeness (QED) is 0.301. The molecule has 3 heterocycles. The molecule has 2 aliphatic rings. The second kappa shape index (κ2) is 9.12. The Balaban J connectivity index is 1.41. The number of rotatable bonds is 6. The first-order valence-electron chi connectivity index (χ1n) is 10.8. The molecule has 2 unspecified atom stereocenters. The number of carboxylic acids is 1. The first kappa shape index (κ1) is 23.0. The highest BCUT2D eigenvalue weighted by Gasteiger charge is 2.51. The van der Waals surface area contributed by atoms with Crippen molar-refractivity contribution in [1.29, 1.82) is 0 Å². The van der Waals surface area contributed by atoms with Crippen LogP contribution in [0.15, 0.2) is 65.7 Å². The molecule has 5 rings (SSSR count). The number of carbonyl (C=O) groups is 4. The second-order valence-electron chi connectivity index (χ2n) is 8.20. The Labute approximate surface area is 209 Å². The van der Waals surface area contributed by atoms with Crippen molar-refractivity contribution >= 4 is 69.0 Å². The van der Waals surface area contributed by atoms with Crippen molar-refractivity contribution in [1.82, 2.24) is 14.8 Å². The third-order valence-corrected chi connectivity index (χ3v) is 7.41. The molecular weight excluding hydrogens is 486 g/mol. The fraction of sp³-hybridized carbons (Fsp3) is 0.160. The van der Waals surface area contributed by atoms with Gasteiger partial charge in [0.1, 0.15) is 16.4 Å². The van der Waals surface area contributed by atoms with Crippen molar-refractivity contribution < 1.29 is 24.3 Å². The molecule has 0 spiro atoms. The average molecular weight is 506 g/mol. The molecule has 0 saturated carbocycles. The van der Waals surface area contributed by atoms with E-state index in [-0.39, 0.29) is 17.2 Å². The second-order valence-corrected chi connectivity index (χ2v) is 9.88. The number of benzene rings is 2. The van der Waals surface area contributed by atoms with Crippen LogP contribution in [-0.2, 0) is 25.6 Å². The molecule has 3 amide bonds. The molecule has 0 radical (unpaired) electrons. The van der Waals surface area contributed by atoms with Gasteiger partial charge >= 0.3 is 5.97 Å². The summed E-state index contributed by atoms with van der Waals surface area (Å²) in [5.74, 6) is -3.15. The minimum atomic E-state index is -1.41. The largest absolute Gasteiger partial charge is 0.480 e. The summed E-state index contributed by atoms with van der Waals surface area (Å²) in [6.45, 7) is 0. The number of hydrogen-bond donors (Lipinski definition) is 2. The number of H-pyrrole nitrogens is 1. The van der Waals surface area contributed by atoms with Gasteiger partial charge in [0.2, 0.25) is 5.91 Å². The van der Waals surface area contributed by atoms with E-state index in [2.05, 4.69) is 4.98 Å². The van der Waals surface area contributed by atoms with Gasteiger partial charge in [-0.25, -0.2) is 4.79 Å². The molecule has 8 nitrogen and oxygen atoms in total. The van der Waals surface area contributed by atoms with Crippen LogP contribution in [0.4, 0.5) is 0 Å². The summed E-state index contributed by atoms with van der Waals surface area (Å²) in [6, 6.07) is 14.0. The number of amides is 3. The van der Waals surface area contributed by atoms with Crippen LogP contribution < -0.4 is 0 Å². The topological polar surface area (TPSA) is 111 Å². The average Bonchev–Trinajstić information content (AvgIpc) is 3.46. The maximum Gasteiger partial charge on any atom is 0.327 e. The number of para-hydroxylation sites is 1. The number of thiocarbonyl (C=S) groups is 1. The van der Waals surface area contributed by atoms with Crippen LogP contribution in [0, 0.1) is 0 Å². The summed E-state index contributed by atoms with van der Waals surface area (Å²) in [5.41, 5.74) is 2.30. The summed E-state index contributed by atoms with van der Waals surface area (Å²) in [6.07, 6.45) is 2.98. The molecule has 35 heavy (non-hydrogen) atoms. The zero-order valence-corrected chi connectivity index (χ0v) is 19.8. The number of nitrogens with one attached hydrogen (secondary N) is 1. The van der Waals surface area contributed by atoms with E-state index in [1.165, 1.54) is 0 Å². The van der Waals surface area contributed by atoms with Crippen LogP contribution >= 0.6 is 24.0 Å². The van der Waals surface area contributed by atoms with Gasteiger partial charge in [0.25, 0.3) is 11.8 Å². The SMILES string of the molecule is O=C(O)C(Cc1c[nH]c2ccccc12)N1C(=O)CC(N2C(=O)/C(=C/c3ccccc3)SC2=S)C1=O. The number of fused-ring (bicyclic) bond motifs is 1. The predicted molar refractivity (Wildman–Crippen MR) is 135 cm³/mol. The number of carboxylic acid groups (broad SMARTS) is 1. The lowest BCUT2D eigenvalue weighted by Gasteiger charge is -2.25. The third kappa shape index (κ3) is 4.15. The van der Waals surface area contributed by atoms with Gasteiger partial charge in [0.05, 0.1) is 11.3 Å². The third-order valence-electron chi connectivity index (χ3n) is 6.08. The van der Waals surface area contributed by atoms with Gasteiger partial charge < -0.3 is 10.1 Å². The van der Waals surface area contributed by atoms with Crippen molar-refractivity contribution in [3.8, 4) is 0 Å². The molecule has 2 aliphatic heterocycles.